The van der Waals surface area contributed by atoms with E-state index >= 15 is 0 Å². The average Bonchev–Trinajstić information content (AvgIpc) is 3.24. The van der Waals surface area contributed by atoms with Crippen LogP contribution in [-0.4, -0.2) is 219 Å². The summed E-state index contributed by atoms with van der Waals surface area (Å²) in [5.41, 5.74) is 0. The summed E-state index contributed by atoms with van der Waals surface area (Å²) in [5.74, 6) is -0.493. The zero-order valence-corrected chi connectivity index (χ0v) is 36.6. The van der Waals surface area contributed by atoms with Gasteiger partial charge in [0, 0.05) is 71.9 Å². The van der Waals surface area contributed by atoms with Crippen LogP contribution in [0, 0.1) is 0 Å². The highest BCUT2D eigenvalue weighted by atomic mass is 16.6. The largest absolute Gasteiger partial charge is 0.394 e. The van der Waals surface area contributed by atoms with Crippen LogP contribution >= 0.6 is 0 Å². The molecule has 10 N–H and O–H groups in total. The van der Waals surface area contributed by atoms with Gasteiger partial charge in [0.2, 0.25) is 11.8 Å². The van der Waals surface area contributed by atoms with E-state index in [1.807, 2.05) is 0 Å². The lowest BCUT2D eigenvalue weighted by atomic mass is 9.97. The summed E-state index contributed by atoms with van der Waals surface area (Å²) < 4.78 is 11.6. The standard InChI is InChI=1S/C42H82N6O12/c1-3-5-7-9-11-13-22-47(41-39(57)37(55)35(53)31(28-49)59-41)33(51)16-24-45-21-15-18-43-19-27-46(30-44-20-26-45)25-17-34(52)48(23-14-12-10-8-6-4-2)42-40(58)38(56)36(54)32(29-50)60-42/h31-32,35-44,49-50,53-58H,3-30H2,1-2H3/t31-,32-,35-,36-,37+,38+,39-,40-,41-,42-/m1/s1. The van der Waals surface area contributed by atoms with Crippen LogP contribution in [-0.2, 0) is 19.1 Å². The van der Waals surface area contributed by atoms with Crippen LogP contribution in [0.5, 0.6) is 0 Å². The summed E-state index contributed by atoms with van der Waals surface area (Å²) in [6.45, 7) is 9.32. The van der Waals surface area contributed by atoms with Crippen LogP contribution in [0.3, 0.4) is 0 Å². The lowest BCUT2D eigenvalue weighted by molar-refractivity contribution is -0.262. The Morgan fingerprint density at radius 1 is 0.550 bits per heavy atom. The molecule has 3 aliphatic heterocycles. The molecular formula is C42H82N6O12. The second-order valence-corrected chi connectivity index (χ2v) is 16.9. The zero-order valence-electron chi connectivity index (χ0n) is 36.6. The van der Waals surface area contributed by atoms with Crippen molar-refractivity contribution >= 4 is 11.8 Å². The van der Waals surface area contributed by atoms with E-state index in [-0.39, 0.29) is 24.7 Å². The Balaban J connectivity index is 1.58. The Hall–Kier alpha value is -1.62. The van der Waals surface area contributed by atoms with Gasteiger partial charge >= 0.3 is 0 Å². The van der Waals surface area contributed by atoms with E-state index in [4.69, 9.17) is 9.47 Å². The molecule has 3 fully saturated rings. The van der Waals surface area contributed by atoms with E-state index in [1.165, 1.54) is 9.80 Å². The van der Waals surface area contributed by atoms with E-state index in [0.717, 1.165) is 83.7 Å². The number of aliphatic hydroxyl groups is 8. The van der Waals surface area contributed by atoms with Crippen LogP contribution in [0.1, 0.15) is 110 Å². The molecule has 352 valence electrons. The number of nitrogens with zero attached hydrogens (tertiary/aromatic N) is 4. The number of carbonyl (C=O) groups is 2. The van der Waals surface area contributed by atoms with Gasteiger partial charge in [-0.15, -0.1) is 0 Å². The first kappa shape index (κ1) is 52.7. The number of aliphatic hydroxyl groups excluding tert-OH is 8. The van der Waals surface area contributed by atoms with Gasteiger partial charge in [-0.25, -0.2) is 0 Å². The van der Waals surface area contributed by atoms with Crippen molar-refractivity contribution in [1.82, 2.24) is 30.2 Å². The van der Waals surface area contributed by atoms with Gasteiger partial charge in [-0.05, 0) is 32.4 Å². The second kappa shape index (κ2) is 29.7. The van der Waals surface area contributed by atoms with Crippen molar-refractivity contribution in [2.24, 2.45) is 0 Å². The highest BCUT2D eigenvalue weighted by molar-refractivity contribution is 5.77. The van der Waals surface area contributed by atoms with Crippen LogP contribution in [0.2, 0.25) is 0 Å². The number of amides is 2. The highest BCUT2D eigenvalue weighted by Gasteiger charge is 2.48. The molecule has 0 radical (unpaired) electrons. The minimum atomic E-state index is -1.57. The zero-order chi connectivity index (χ0) is 43.9. The molecule has 0 unspecified atom stereocenters. The molecule has 0 spiro atoms. The number of rotatable bonds is 24. The van der Waals surface area contributed by atoms with E-state index in [9.17, 15) is 50.4 Å². The summed E-state index contributed by atoms with van der Waals surface area (Å²) in [6, 6.07) is 0. The molecule has 0 aliphatic carbocycles. The van der Waals surface area contributed by atoms with Gasteiger partial charge in [-0.3, -0.25) is 14.5 Å². The van der Waals surface area contributed by atoms with E-state index in [0.29, 0.717) is 71.9 Å². The minimum absolute atomic E-state index is 0.129. The molecule has 10 atom stereocenters. The molecule has 0 aromatic heterocycles. The Morgan fingerprint density at radius 2 is 0.983 bits per heavy atom. The van der Waals surface area contributed by atoms with Crippen LogP contribution in [0.15, 0.2) is 0 Å². The van der Waals surface area contributed by atoms with Crippen molar-refractivity contribution in [3.8, 4) is 0 Å². The molecule has 18 heteroatoms. The number of unbranched alkanes of at least 4 members (excludes halogenated alkanes) is 10. The first-order chi connectivity index (χ1) is 29.0. The maximum absolute atomic E-state index is 13.8. The van der Waals surface area contributed by atoms with Crippen molar-refractivity contribution in [1.29, 1.82) is 0 Å². The predicted molar refractivity (Wildman–Crippen MR) is 225 cm³/mol. The minimum Gasteiger partial charge on any atom is -0.394 e. The van der Waals surface area contributed by atoms with Crippen LogP contribution in [0.4, 0.5) is 0 Å². The Labute approximate surface area is 358 Å². The lowest BCUT2D eigenvalue weighted by Crippen LogP contribution is -2.64. The second-order valence-electron chi connectivity index (χ2n) is 16.9. The van der Waals surface area contributed by atoms with Gasteiger partial charge in [0.25, 0.3) is 0 Å². The van der Waals surface area contributed by atoms with Crippen molar-refractivity contribution in [2.45, 2.75) is 171 Å². The van der Waals surface area contributed by atoms with Crippen molar-refractivity contribution in [2.75, 3.05) is 85.3 Å². The molecule has 3 rings (SSSR count). The fraction of sp³-hybridized carbons (Fsp3) is 0.952. The SMILES string of the molecule is CCCCCCCCN(C(=O)CCN1CCCNCCN(CCC(=O)N(CCCCCCCC)[C@@H]2O[C@H](CO)[C@@H](O)[C@H](O)[C@H]2O)CNCC1)[C@@H]1O[C@H](CO)[C@@H](O)[C@H](O)[C@H]1O. The number of hydrogen-bond donors (Lipinski definition) is 10. The fourth-order valence-electron chi connectivity index (χ4n) is 8.26. The monoisotopic (exact) mass is 863 g/mol. The molecule has 0 aromatic carbocycles. The molecule has 3 saturated heterocycles. The molecule has 0 bridgehead atoms. The Morgan fingerprint density at radius 3 is 1.47 bits per heavy atom. The fourth-order valence-corrected chi connectivity index (χ4v) is 8.26. The maximum atomic E-state index is 13.8. The molecule has 0 saturated carbocycles. The van der Waals surface area contributed by atoms with Gasteiger partial charge in [0.15, 0.2) is 12.5 Å². The molecule has 3 heterocycles. The van der Waals surface area contributed by atoms with Gasteiger partial charge in [-0.1, -0.05) is 78.1 Å². The summed E-state index contributed by atoms with van der Waals surface area (Å²) in [4.78, 5) is 34.9. The molecule has 60 heavy (non-hydrogen) atoms. The number of nitrogens with one attached hydrogen (secondary N) is 2. The molecule has 2 amide bonds. The predicted octanol–water partition coefficient (Wildman–Crippen LogP) is -1.11. The first-order valence-corrected chi connectivity index (χ1v) is 23.0. The summed E-state index contributed by atoms with van der Waals surface area (Å²) in [7, 11) is 0. The highest BCUT2D eigenvalue weighted by Crippen LogP contribution is 2.27. The lowest BCUT2D eigenvalue weighted by Gasteiger charge is -2.44. The van der Waals surface area contributed by atoms with Crippen LogP contribution < -0.4 is 10.6 Å². The summed E-state index contributed by atoms with van der Waals surface area (Å²) >= 11 is 0. The number of ether oxygens (including phenoxy) is 2. The van der Waals surface area contributed by atoms with E-state index in [2.05, 4.69) is 34.3 Å². The summed E-state index contributed by atoms with van der Waals surface area (Å²) in [5, 5.41) is 90.1. The Bertz CT molecular complexity index is 1080. The third-order valence-corrected chi connectivity index (χ3v) is 12.2. The van der Waals surface area contributed by atoms with E-state index < -0.39 is 74.5 Å². The molecule has 0 aromatic rings. The third kappa shape index (κ3) is 17.2. The van der Waals surface area contributed by atoms with Gasteiger partial charge in [0.1, 0.15) is 48.8 Å². The van der Waals surface area contributed by atoms with Gasteiger partial charge in [0.05, 0.1) is 13.2 Å². The summed E-state index contributed by atoms with van der Waals surface area (Å²) in [6.07, 6.45) is -0.803. The van der Waals surface area contributed by atoms with Gasteiger partial charge < -0.3 is 75.7 Å². The quantitative estimate of drug-likeness (QED) is 0.0517. The molecular weight excluding hydrogens is 780 g/mol. The molecule has 18 nitrogen and oxygen atoms in total. The van der Waals surface area contributed by atoms with Crippen molar-refractivity contribution < 1.29 is 59.9 Å². The average molecular weight is 863 g/mol. The number of carbonyl (C=O) groups excluding carboxylic acids is 2. The van der Waals surface area contributed by atoms with Crippen molar-refractivity contribution in [3.05, 3.63) is 0 Å². The first-order valence-electron chi connectivity index (χ1n) is 23.0. The van der Waals surface area contributed by atoms with Crippen molar-refractivity contribution in [3.63, 3.8) is 0 Å². The van der Waals surface area contributed by atoms with Crippen LogP contribution in [0.25, 0.3) is 0 Å². The van der Waals surface area contributed by atoms with Gasteiger partial charge in [-0.2, -0.15) is 0 Å². The van der Waals surface area contributed by atoms with E-state index in [1.54, 1.807) is 0 Å². The third-order valence-electron chi connectivity index (χ3n) is 12.2. The molecule has 3 aliphatic rings. The maximum Gasteiger partial charge on any atom is 0.225 e. The smallest absolute Gasteiger partial charge is 0.225 e. The number of hydrogen-bond acceptors (Lipinski definition) is 16. The normalized spacial score (nSPS) is 30.4. The topological polar surface area (TPSA) is 251 Å². The Kier molecular flexibility index (Phi) is 26.1.